The molecule has 21 aromatic rings. The van der Waals surface area contributed by atoms with Gasteiger partial charge in [-0.15, -0.1) is 0 Å². The molecular weight excluding hydrogens is 1620 g/mol. The molecule has 0 bridgehead atoms. The van der Waals surface area contributed by atoms with E-state index >= 15 is 0 Å². The second kappa shape index (κ2) is 32.5. The number of nitrogens with one attached hydrogen (secondary N) is 1. The Bertz CT molecular complexity index is 6710. The van der Waals surface area contributed by atoms with E-state index in [-0.39, 0.29) is 0 Å². The summed E-state index contributed by atoms with van der Waals surface area (Å²) < 4.78 is 12.6. The van der Waals surface area contributed by atoms with Crippen LogP contribution in [0.25, 0.3) is 105 Å². The monoisotopic (exact) mass is 1700 g/mol. The van der Waals surface area contributed by atoms with Crippen LogP contribution in [0.3, 0.4) is 0 Å². The summed E-state index contributed by atoms with van der Waals surface area (Å²) in [4.78, 5) is 7.15. The van der Waals surface area contributed by atoms with Crippen LogP contribution in [0.5, 0.6) is 0 Å². The highest BCUT2D eigenvalue weighted by Crippen LogP contribution is 2.48. The third-order valence-electron chi connectivity index (χ3n) is 21.5. The van der Waals surface area contributed by atoms with Crippen LogP contribution < -0.4 is 20.0 Å². The van der Waals surface area contributed by atoms with Gasteiger partial charge in [-0.2, -0.15) is 0 Å². The molecule has 0 aliphatic carbocycles. The molecular formula is C106H75Br3N8. The van der Waals surface area contributed by atoms with Crippen molar-refractivity contribution in [1.82, 2.24) is 18.3 Å². The lowest BCUT2D eigenvalue weighted by atomic mass is 10.1. The highest BCUT2D eigenvalue weighted by atomic mass is 79.9. The topological polar surface area (TPSA) is 41.5 Å². The smallest absolute Gasteiger partial charge is 0.0541 e. The standard InChI is InChI=1S/C76H54N6.C24H18N2.C6H3Br3/c1-2-55-50-54-22-12-17-33-72(54)80(55)62-44-38-59(39-45-62)77(56-23-6-3-7-24-56)65-51-66(78(57-25-8-4-9-26-57)60-40-46-63(47-41-60)81-73-34-18-13-29-68(73)69-30-14-19-35-74(69)81)53-67(52-65)79(58-27-10-5-11-28-58)61-42-48-64(49-43-61)82-75-36-20-15-31-70(75)71-32-16-21-37-76(71)82;1-2-8-18(9-3-1)25-19-14-16-20(17-15-19)26-23-12-6-4-10-21(23)22-11-5-7-13-24(22)26;7-4-1-5(8)3-6(9)2-4/h2-53H,1H2;1-17,25H;1-3H. The number of nitrogens with zero attached hydrogens (tertiary/aromatic N) is 7. The number of halogens is 3. The summed E-state index contributed by atoms with van der Waals surface area (Å²) in [5.41, 5.74) is 25.0. The molecule has 0 aliphatic rings. The molecule has 560 valence electrons. The zero-order chi connectivity index (χ0) is 78.7. The Morgan fingerprint density at radius 2 is 0.453 bits per heavy atom. The molecule has 21 rings (SSSR count). The summed E-state index contributed by atoms with van der Waals surface area (Å²) in [7, 11) is 0. The second-order valence-electron chi connectivity index (χ2n) is 28.7. The molecule has 0 radical (unpaired) electrons. The summed E-state index contributed by atoms with van der Waals surface area (Å²) in [6, 6.07) is 154. The Balaban J connectivity index is 0.000000213. The lowest BCUT2D eigenvalue weighted by Crippen LogP contribution is -2.16. The van der Waals surface area contributed by atoms with E-state index in [0.717, 1.165) is 104 Å². The maximum atomic E-state index is 4.21. The first-order chi connectivity index (χ1) is 57.7. The van der Waals surface area contributed by atoms with Gasteiger partial charge in [-0.25, -0.2) is 0 Å². The fourth-order valence-corrected chi connectivity index (χ4v) is 18.8. The van der Waals surface area contributed by atoms with Gasteiger partial charge >= 0.3 is 0 Å². The highest BCUT2D eigenvalue weighted by Gasteiger charge is 2.25. The fraction of sp³-hybridized carbons (Fsp3) is 0. The van der Waals surface area contributed by atoms with E-state index in [1.54, 1.807) is 0 Å². The Morgan fingerprint density at radius 3 is 0.761 bits per heavy atom. The summed E-state index contributed by atoms with van der Waals surface area (Å²) in [5, 5.41) is 12.1. The molecule has 17 aromatic carbocycles. The van der Waals surface area contributed by atoms with E-state index in [1.807, 2.05) is 42.5 Å². The maximum Gasteiger partial charge on any atom is 0.0541 e. The van der Waals surface area contributed by atoms with E-state index < -0.39 is 0 Å². The van der Waals surface area contributed by atoms with Crippen molar-refractivity contribution < 1.29 is 0 Å². The molecule has 0 fully saturated rings. The molecule has 8 nitrogen and oxygen atoms in total. The quantitative estimate of drug-likeness (QED) is 0.105. The zero-order valence-corrected chi connectivity index (χ0v) is 68.3. The van der Waals surface area contributed by atoms with Crippen molar-refractivity contribution in [2.75, 3.05) is 20.0 Å². The maximum absolute atomic E-state index is 4.21. The van der Waals surface area contributed by atoms with Gasteiger partial charge in [-0.1, -0.05) is 255 Å². The Labute approximate surface area is 704 Å². The molecule has 4 heterocycles. The van der Waals surface area contributed by atoms with Gasteiger partial charge in [0.2, 0.25) is 0 Å². The van der Waals surface area contributed by atoms with Crippen molar-refractivity contribution >= 4 is 193 Å². The number of aromatic nitrogens is 4. The van der Waals surface area contributed by atoms with Crippen molar-refractivity contribution in [3.05, 3.63) is 456 Å². The zero-order valence-electron chi connectivity index (χ0n) is 63.5. The van der Waals surface area contributed by atoms with Gasteiger partial charge in [0.15, 0.2) is 0 Å². The van der Waals surface area contributed by atoms with Crippen LogP contribution in [-0.2, 0) is 0 Å². The van der Waals surface area contributed by atoms with Gasteiger partial charge in [-0.3, -0.25) is 0 Å². The van der Waals surface area contributed by atoms with Gasteiger partial charge in [0.25, 0.3) is 0 Å². The minimum absolute atomic E-state index is 0.982. The number of hydrogen-bond donors (Lipinski definition) is 1. The van der Waals surface area contributed by atoms with Crippen LogP contribution in [0.15, 0.2) is 451 Å². The number of fused-ring (bicyclic) bond motifs is 10. The first-order valence-corrected chi connectivity index (χ1v) is 41.3. The van der Waals surface area contributed by atoms with Crippen molar-refractivity contribution in [3.8, 4) is 22.7 Å². The van der Waals surface area contributed by atoms with Crippen molar-refractivity contribution in [3.63, 3.8) is 0 Å². The fourth-order valence-electron chi connectivity index (χ4n) is 16.4. The first kappa shape index (κ1) is 73.2. The Hall–Kier alpha value is -13.9. The number of para-hydroxylation sites is 11. The van der Waals surface area contributed by atoms with E-state index in [4.69, 9.17) is 0 Å². The average molecular weight is 1700 g/mol. The van der Waals surface area contributed by atoms with E-state index in [0.29, 0.717) is 0 Å². The molecule has 0 aliphatic heterocycles. The molecule has 0 amide bonds. The second-order valence-corrected chi connectivity index (χ2v) is 31.4. The minimum Gasteiger partial charge on any atom is -0.356 e. The van der Waals surface area contributed by atoms with Crippen molar-refractivity contribution in [2.45, 2.75) is 0 Å². The highest BCUT2D eigenvalue weighted by molar-refractivity contribution is 9.11. The number of rotatable bonds is 16. The normalized spacial score (nSPS) is 11.2. The Morgan fingerprint density at radius 1 is 0.214 bits per heavy atom. The number of anilines is 11. The van der Waals surface area contributed by atoms with Crippen LogP contribution in [0.2, 0.25) is 0 Å². The number of hydrogen-bond acceptors (Lipinski definition) is 4. The third kappa shape index (κ3) is 14.5. The van der Waals surface area contributed by atoms with Gasteiger partial charge in [0.1, 0.15) is 0 Å². The third-order valence-corrected chi connectivity index (χ3v) is 22.9. The SMILES string of the molecule is Brc1cc(Br)cc(Br)c1.C=Cc1cc2ccccc2n1-c1ccc(N(c2ccccc2)c2cc(N(c3ccccc3)c3ccc(-n4c5ccccc5c5ccccc54)cc3)cc(N(c3ccccc3)c3ccc(-n4c5ccccc5c5ccccc54)cc3)c2)cc1.c1ccc(Nc2ccc(-n3c4ccccc4c4ccccc43)cc2)cc1. The van der Waals surface area contributed by atoms with Crippen LogP contribution in [0.1, 0.15) is 5.69 Å². The summed E-state index contributed by atoms with van der Waals surface area (Å²) >= 11 is 10.1. The first-order valence-electron chi connectivity index (χ1n) is 39.0. The van der Waals surface area contributed by atoms with E-state index in [1.165, 1.54) is 76.5 Å². The van der Waals surface area contributed by atoms with E-state index in [9.17, 15) is 0 Å². The number of benzene rings is 17. The Kier molecular flexibility index (Phi) is 20.4. The molecule has 11 heteroatoms. The van der Waals surface area contributed by atoms with Gasteiger partial charge in [-0.05, 0) is 237 Å². The van der Waals surface area contributed by atoms with Crippen molar-refractivity contribution in [2.24, 2.45) is 0 Å². The van der Waals surface area contributed by atoms with Crippen molar-refractivity contribution in [1.29, 1.82) is 0 Å². The molecule has 0 spiro atoms. The van der Waals surface area contributed by atoms with Crippen LogP contribution in [-0.4, -0.2) is 18.3 Å². The summed E-state index contributed by atoms with van der Waals surface area (Å²) in [5.74, 6) is 0. The molecule has 0 atom stereocenters. The van der Waals surface area contributed by atoms with Crippen LogP contribution >= 0.6 is 47.8 Å². The van der Waals surface area contributed by atoms with Crippen LogP contribution in [0.4, 0.5) is 62.6 Å². The molecule has 1 N–H and O–H groups in total. The molecule has 4 aromatic heterocycles. The van der Waals surface area contributed by atoms with Gasteiger partial charge < -0.3 is 38.3 Å². The molecule has 117 heavy (non-hydrogen) atoms. The summed E-state index contributed by atoms with van der Waals surface area (Å²) in [6.07, 6.45) is 1.93. The molecule has 0 unspecified atom stereocenters. The molecule has 0 saturated carbocycles. The predicted molar refractivity (Wildman–Crippen MR) is 506 cm³/mol. The molecule has 0 saturated heterocycles. The van der Waals surface area contributed by atoms with Crippen LogP contribution in [0, 0.1) is 0 Å². The lowest BCUT2D eigenvalue weighted by Gasteiger charge is -2.33. The largest absolute Gasteiger partial charge is 0.356 e. The van der Waals surface area contributed by atoms with E-state index in [2.05, 4.69) is 487 Å². The average Bonchev–Trinajstić information content (AvgIpc) is 1.75. The van der Waals surface area contributed by atoms with Gasteiger partial charge in [0.05, 0.1) is 55.7 Å². The lowest BCUT2D eigenvalue weighted by molar-refractivity contribution is 1.11. The van der Waals surface area contributed by atoms with Gasteiger partial charge in [0, 0.05) is 125 Å². The minimum atomic E-state index is 0.982. The predicted octanol–water partition coefficient (Wildman–Crippen LogP) is 31.4. The summed E-state index contributed by atoms with van der Waals surface area (Å²) in [6.45, 7) is 4.21.